The predicted molar refractivity (Wildman–Crippen MR) is 167 cm³/mol. The van der Waals surface area contributed by atoms with Gasteiger partial charge < -0.3 is 14.2 Å². The Balaban J connectivity index is 4.78. The van der Waals surface area contributed by atoms with Crippen LogP contribution < -0.4 is 0 Å². The lowest BCUT2D eigenvalue weighted by Gasteiger charge is -2.19. The first-order valence-electron chi connectivity index (χ1n) is 14.6. The van der Waals surface area contributed by atoms with Crippen LogP contribution in [0.4, 0.5) is 0 Å². The zero-order chi connectivity index (χ0) is 30.7. The summed E-state index contributed by atoms with van der Waals surface area (Å²) in [5.41, 5.74) is 2.47. The van der Waals surface area contributed by atoms with Gasteiger partial charge in [0.05, 0.1) is 0 Å². The Morgan fingerprint density at radius 3 is 2.10 bits per heavy atom. The minimum atomic E-state index is -0.674. The average Bonchev–Trinajstić information content (AvgIpc) is 2.90. The van der Waals surface area contributed by atoms with Crippen molar-refractivity contribution in [3.63, 3.8) is 0 Å². The lowest BCUT2D eigenvalue weighted by molar-refractivity contribution is -0.146. The molecule has 0 spiro atoms. The molecule has 0 aromatic heterocycles. The highest BCUT2D eigenvalue weighted by Crippen LogP contribution is 2.15. The van der Waals surface area contributed by atoms with Crippen molar-refractivity contribution in [1.29, 1.82) is 0 Å². The largest absolute Gasteiger partial charge is 0.461 e. The van der Waals surface area contributed by atoms with E-state index in [1.807, 2.05) is 32.9 Å². The predicted octanol–water partition coefficient (Wildman–Crippen LogP) is 8.07. The maximum atomic E-state index is 12.2. The SMILES string of the molecule is CC/C=C/C/C=C/C/C=C\CCCCCC(=O)OC/C=C(/COC(C)=O)C(C/C=C(\C)C#CC=C(C)C)OC(C)=O. The molecule has 0 N–H and O–H groups in total. The molecule has 1 atom stereocenters. The molecule has 0 bridgehead atoms. The van der Waals surface area contributed by atoms with Crippen LogP contribution in [-0.4, -0.2) is 37.2 Å². The Bertz CT molecular complexity index is 1020. The second-order valence-corrected chi connectivity index (χ2v) is 9.85. The Morgan fingerprint density at radius 2 is 1.46 bits per heavy atom. The van der Waals surface area contributed by atoms with Gasteiger partial charge in [-0.05, 0) is 77.0 Å². The molecule has 0 aliphatic heterocycles. The molecule has 0 radical (unpaired) electrons. The van der Waals surface area contributed by atoms with Gasteiger partial charge in [0.25, 0.3) is 0 Å². The normalized spacial score (nSPS) is 12.7. The fourth-order valence-corrected chi connectivity index (χ4v) is 3.42. The van der Waals surface area contributed by atoms with E-state index in [2.05, 4.69) is 55.2 Å². The summed E-state index contributed by atoms with van der Waals surface area (Å²) < 4.78 is 16.0. The van der Waals surface area contributed by atoms with Crippen LogP contribution in [0.3, 0.4) is 0 Å². The van der Waals surface area contributed by atoms with E-state index in [1.165, 1.54) is 13.8 Å². The molecule has 6 nitrogen and oxygen atoms in total. The van der Waals surface area contributed by atoms with E-state index in [-0.39, 0.29) is 19.2 Å². The van der Waals surface area contributed by atoms with Gasteiger partial charge >= 0.3 is 17.9 Å². The molecule has 0 saturated carbocycles. The van der Waals surface area contributed by atoms with Crippen molar-refractivity contribution in [2.45, 2.75) is 105 Å². The van der Waals surface area contributed by atoms with Crippen molar-refractivity contribution < 1.29 is 28.6 Å². The van der Waals surface area contributed by atoms with Crippen molar-refractivity contribution in [3.05, 3.63) is 71.4 Å². The summed E-state index contributed by atoms with van der Waals surface area (Å²) in [6.07, 6.45) is 25.1. The summed E-state index contributed by atoms with van der Waals surface area (Å²) in [4.78, 5) is 35.4. The van der Waals surface area contributed by atoms with E-state index in [4.69, 9.17) is 14.2 Å². The molecule has 6 heteroatoms. The molecule has 0 aliphatic rings. The van der Waals surface area contributed by atoms with E-state index in [9.17, 15) is 14.4 Å². The highest BCUT2D eigenvalue weighted by atomic mass is 16.6. The van der Waals surface area contributed by atoms with E-state index < -0.39 is 18.0 Å². The summed E-state index contributed by atoms with van der Waals surface area (Å²) >= 11 is 0. The maximum Gasteiger partial charge on any atom is 0.306 e. The first-order valence-corrected chi connectivity index (χ1v) is 14.6. The van der Waals surface area contributed by atoms with Gasteiger partial charge in [-0.15, -0.1) is 0 Å². The molecule has 0 rings (SSSR count). The van der Waals surface area contributed by atoms with Gasteiger partial charge in [0.15, 0.2) is 0 Å². The van der Waals surface area contributed by atoms with Crippen molar-refractivity contribution in [2.75, 3.05) is 13.2 Å². The topological polar surface area (TPSA) is 78.9 Å². The van der Waals surface area contributed by atoms with Gasteiger partial charge in [0.2, 0.25) is 0 Å². The average molecular weight is 567 g/mol. The molecule has 0 aliphatic carbocycles. The van der Waals surface area contributed by atoms with Crippen molar-refractivity contribution in [3.8, 4) is 11.8 Å². The van der Waals surface area contributed by atoms with Gasteiger partial charge in [0.1, 0.15) is 19.3 Å². The number of ether oxygens (including phenoxy) is 3. The highest BCUT2D eigenvalue weighted by molar-refractivity contribution is 5.69. The first-order chi connectivity index (χ1) is 19.6. The number of esters is 3. The Labute approximate surface area is 248 Å². The summed E-state index contributed by atoms with van der Waals surface area (Å²) in [6.45, 7) is 10.5. The molecule has 0 aromatic rings. The van der Waals surface area contributed by atoms with Crippen LogP contribution in [-0.2, 0) is 28.6 Å². The van der Waals surface area contributed by atoms with Crippen molar-refractivity contribution in [2.24, 2.45) is 0 Å². The molecule has 0 amide bonds. The smallest absolute Gasteiger partial charge is 0.306 e. The standard InChI is InChI=1S/C35H50O6/c1-7-8-9-10-11-12-13-14-15-16-17-18-19-23-35(38)39-27-26-33(28-40-31(5)36)34(41-32(6)37)25-24-30(4)22-20-21-29(2)3/h8-9,11-12,14-15,21,24,26,34H,7,10,13,16-19,23,25,27-28H2,1-6H3/b9-8+,12-11+,15-14-,30-24+,33-26-. The van der Waals surface area contributed by atoms with E-state index >= 15 is 0 Å². The highest BCUT2D eigenvalue weighted by Gasteiger charge is 2.18. The summed E-state index contributed by atoms with van der Waals surface area (Å²) in [5.74, 6) is 4.79. The molecule has 0 fully saturated rings. The minimum Gasteiger partial charge on any atom is -0.461 e. The van der Waals surface area contributed by atoms with Crippen molar-refractivity contribution >= 4 is 17.9 Å². The lowest BCUT2D eigenvalue weighted by Crippen LogP contribution is -2.23. The zero-order valence-electron chi connectivity index (χ0n) is 26.0. The Morgan fingerprint density at radius 1 is 0.780 bits per heavy atom. The number of unbranched alkanes of at least 4 members (excludes halogenated alkanes) is 3. The van der Waals surface area contributed by atoms with Gasteiger partial charge in [0, 0.05) is 32.3 Å². The fraction of sp³-hybridized carbons (Fsp3) is 0.514. The van der Waals surface area contributed by atoms with Crippen LogP contribution in [0.5, 0.6) is 0 Å². The number of allylic oxidation sites excluding steroid dienone is 9. The van der Waals surface area contributed by atoms with E-state index in [0.717, 1.165) is 56.1 Å². The molecule has 41 heavy (non-hydrogen) atoms. The van der Waals surface area contributed by atoms with Crippen LogP contribution >= 0.6 is 0 Å². The van der Waals surface area contributed by atoms with Crippen LogP contribution in [0.25, 0.3) is 0 Å². The zero-order valence-corrected chi connectivity index (χ0v) is 26.0. The molecular formula is C35H50O6. The minimum absolute atomic E-state index is 0.000755. The number of rotatable bonds is 19. The number of hydrogen-bond acceptors (Lipinski definition) is 6. The third kappa shape index (κ3) is 25.1. The Hall–Kier alpha value is -3.59. The van der Waals surface area contributed by atoms with E-state index in [1.54, 1.807) is 6.08 Å². The summed E-state index contributed by atoms with van der Waals surface area (Å²) in [5, 5.41) is 0. The van der Waals surface area contributed by atoms with E-state index in [0.29, 0.717) is 18.4 Å². The molecule has 1 unspecified atom stereocenters. The fourth-order valence-electron chi connectivity index (χ4n) is 3.42. The second kappa shape index (κ2) is 25.4. The quantitative estimate of drug-likeness (QED) is 0.0517. The third-order valence-electron chi connectivity index (χ3n) is 5.55. The molecular weight excluding hydrogens is 516 g/mol. The van der Waals surface area contributed by atoms with Gasteiger partial charge in [-0.1, -0.05) is 73.3 Å². The summed E-state index contributed by atoms with van der Waals surface area (Å²) in [6, 6.07) is 0. The van der Waals surface area contributed by atoms with Gasteiger partial charge in [-0.2, -0.15) is 0 Å². The van der Waals surface area contributed by atoms with Crippen LogP contribution in [0.1, 0.15) is 99.3 Å². The monoisotopic (exact) mass is 566 g/mol. The maximum absolute atomic E-state index is 12.2. The van der Waals surface area contributed by atoms with Crippen molar-refractivity contribution in [1.82, 2.24) is 0 Å². The number of hydrogen-bond donors (Lipinski definition) is 0. The van der Waals surface area contributed by atoms with Crippen LogP contribution in [0, 0.1) is 11.8 Å². The first kappa shape index (κ1) is 37.4. The van der Waals surface area contributed by atoms with Crippen LogP contribution in [0.15, 0.2) is 71.4 Å². The van der Waals surface area contributed by atoms with Gasteiger partial charge in [-0.3, -0.25) is 14.4 Å². The molecule has 0 heterocycles. The molecule has 0 saturated heterocycles. The Kier molecular flexibility index (Phi) is 23.2. The third-order valence-corrected chi connectivity index (χ3v) is 5.55. The summed E-state index contributed by atoms with van der Waals surface area (Å²) in [7, 11) is 0. The number of carbonyl (C=O) groups is 3. The molecule has 0 aromatic carbocycles. The second-order valence-electron chi connectivity index (χ2n) is 9.85. The van der Waals surface area contributed by atoms with Gasteiger partial charge in [-0.25, -0.2) is 0 Å². The van der Waals surface area contributed by atoms with Crippen LogP contribution in [0.2, 0.25) is 0 Å². The lowest BCUT2D eigenvalue weighted by atomic mass is 10.1. The molecule has 226 valence electrons. The number of carbonyl (C=O) groups excluding carboxylic acids is 3.